The van der Waals surface area contributed by atoms with Crippen molar-refractivity contribution >= 4 is 0 Å². The molecule has 2 heteroatoms. The highest BCUT2D eigenvalue weighted by molar-refractivity contribution is 4.71. The molecule has 2 nitrogen and oxygen atoms in total. The molecule has 0 aromatic carbocycles. The first-order valence-electron chi connectivity index (χ1n) is 6.93. The number of nitriles is 1. The van der Waals surface area contributed by atoms with Crippen LogP contribution < -0.4 is 5.32 Å². The largest absolute Gasteiger partial charge is 0.314 e. The zero-order valence-corrected chi connectivity index (χ0v) is 10.7. The Hall–Kier alpha value is -0.550. The first-order valence-corrected chi connectivity index (χ1v) is 6.93. The average Bonchev–Trinajstić information content (AvgIpc) is 2.79. The maximum absolute atomic E-state index is 8.41. The van der Waals surface area contributed by atoms with Crippen LogP contribution in [0.5, 0.6) is 0 Å². The quantitative estimate of drug-likeness (QED) is 0.637. The maximum Gasteiger partial charge on any atom is 0.0621 e. The van der Waals surface area contributed by atoms with E-state index in [1.165, 1.54) is 38.5 Å². The van der Waals surface area contributed by atoms with E-state index in [1.54, 1.807) is 0 Å². The first kappa shape index (κ1) is 13.5. The Morgan fingerprint density at radius 1 is 1.31 bits per heavy atom. The number of unbranched alkanes of at least 4 members (excludes halogenated alkanes) is 2. The molecule has 0 aromatic heterocycles. The molecule has 1 N–H and O–H groups in total. The second kappa shape index (κ2) is 8.58. The van der Waals surface area contributed by atoms with Crippen LogP contribution in [0, 0.1) is 17.2 Å². The summed E-state index contributed by atoms with van der Waals surface area (Å²) in [7, 11) is 0. The van der Waals surface area contributed by atoms with Crippen molar-refractivity contribution in [3.8, 4) is 6.07 Å². The zero-order chi connectivity index (χ0) is 11.6. The number of nitrogens with one attached hydrogen (secondary N) is 1. The minimum atomic E-state index is 0.655. The Morgan fingerprint density at radius 2 is 2.06 bits per heavy atom. The summed E-state index contributed by atoms with van der Waals surface area (Å²) in [5, 5.41) is 12.0. The van der Waals surface area contributed by atoms with Gasteiger partial charge >= 0.3 is 0 Å². The van der Waals surface area contributed by atoms with Crippen LogP contribution in [0.1, 0.15) is 64.7 Å². The molecule has 1 atom stereocenters. The molecule has 0 spiro atoms. The van der Waals surface area contributed by atoms with E-state index in [0.717, 1.165) is 25.3 Å². The molecule has 0 amide bonds. The van der Waals surface area contributed by atoms with Gasteiger partial charge in [-0.2, -0.15) is 5.26 Å². The maximum atomic E-state index is 8.41. The smallest absolute Gasteiger partial charge is 0.0621 e. The predicted molar refractivity (Wildman–Crippen MR) is 68.1 cm³/mol. The fourth-order valence-corrected chi connectivity index (χ4v) is 2.56. The Morgan fingerprint density at radius 3 is 2.75 bits per heavy atom. The van der Waals surface area contributed by atoms with Crippen LogP contribution in [-0.4, -0.2) is 12.6 Å². The molecule has 1 aliphatic carbocycles. The van der Waals surface area contributed by atoms with Crippen LogP contribution in [0.2, 0.25) is 0 Å². The molecule has 0 aliphatic heterocycles. The van der Waals surface area contributed by atoms with Crippen molar-refractivity contribution < 1.29 is 0 Å². The van der Waals surface area contributed by atoms with Gasteiger partial charge in [0, 0.05) is 12.5 Å². The van der Waals surface area contributed by atoms with Crippen LogP contribution >= 0.6 is 0 Å². The number of hydrogen-bond acceptors (Lipinski definition) is 2. The summed E-state index contributed by atoms with van der Waals surface area (Å²) in [5.41, 5.74) is 0. The van der Waals surface area contributed by atoms with Crippen molar-refractivity contribution in [2.24, 2.45) is 5.92 Å². The summed E-state index contributed by atoms with van der Waals surface area (Å²) in [6.07, 6.45) is 11.5. The third-order valence-electron chi connectivity index (χ3n) is 3.69. The normalized spacial score (nSPS) is 18.5. The number of nitrogens with zero attached hydrogens (tertiary/aromatic N) is 1. The molecule has 0 radical (unpaired) electrons. The number of rotatable bonds is 8. The minimum Gasteiger partial charge on any atom is -0.314 e. The second-order valence-corrected chi connectivity index (χ2v) is 5.20. The van der Waals surface area contributed by atoms with Crippen LogP contribution in [-0.2, 0) is 0 Å². The van der Waals surface area contributed by atoms with E-state index in [-0.39, 0.29) is 0 Å². The molecular weight excluding hydrogens is 196 g/mol. The van der Waals surface area contributed by atoms with Gasteiger partial charge in [0.1, 0.15) is 0 Å². The fraction of sp³-hybridized carbons (Fsp3) is 0.929. The Balaban J connectivity index is 1.90. The van der Waals surface area contributed by atoms with Gasteiger partial charge in [0.15, 0.2) is 0 Å². The average molecular weight is 222 g/mol. The van der Waals surface area contributed by atoms with Crippen LogP contribution in [0.4, 0.5) is 0 Å². The molecule has 16 heavy (non-hydrogen) atoms. The van der Waals surface area contributed by atoms with E-state index in [9.17, 15) is 0 Å². The molecule has 1 unspecified atom stereocenters. The Kier molecular flexibility index (Phi) is 7.25. The van der Waals surface area contributed by atoms with Crippen molar-refractivity contribution in [1.29, 1.82) is 5.26 Å². The Labute approximate surface area is 100 Å². The lowest BCUT2D eigenvalue weighted by Crippen LogP contribution is -2.27. The molecule has 1 aliphatic rings. The highest BCUT2D eigenvalue weighted by Gasteiger charge is 2.15. The van der Waals surface area contributed by atoms with E-state index in [4.69, 9.17) is 5.26 Å². The third kappa shape index (κ3) is 6.12. The summed E-state index contributed by atoms with van der Waals surface area (Å²) in [6, 6.07) is 2.85. The van der Waals surface area contributed by atoms with Gasteiger partial charge in [-0.25, -0.2) is 0 Å². The van der Waals surface area contributed by atoms with Gasteiger partial charge in [0.05, 0.1) is 6.07 Å². The molecule has 0 saturated heterocycles. The summed E-state index contributed by atoms with van der Waals surface area (Å²) in [4.78, 5) is 0. The highest BCUT2D eigenvalue weighted by Crippen LogP contribution is 2.28. The van der Waals surface area contributed by atoms with Gasteiger partial charge < -0.3 is 5.32 Å². The molecule has 0 bridgehead atoms. The summed E-state index contributed by atoms with van der Waals surface area (Å²) in [5.74, 6) is 1.02. The monoisotopic (exact) mass is 222 g/mol. The minimum absolute atomic E-state index is 0.655. The molecule has 1 saturated carbocycles. The lowest BCUT2D eigenvalue weighted by Gasteiger charge is -2.16. The van der Waals surface area contributed by atoms with Crippen molar-refractivity contribution in [3.05, 3.63) is 0 Å². The van der Waals surface area contributed by atoms with E-state index >= 15 is 0 Å². The van der Waals surface area contributed by atoms with Crippen molar-refractivity contribution in [3.63, 3.8) is 0 Å². The molecule has 0 aromatic rings. The van der Waals surface area contributed by atoms with Gasteiger partial charge in [-0.15, -0.1) is 0 Å². The molecule has 1 rings (SSSR count). The van der Waals surface area contributed by atoms with E-state index in [1.807, 2.05) is 0 Å². The van der Waals surface area contributed by atoms with Crippen molar-refractivity contribution in [2.45, 2.75) is 70.8 Å². The van der Waals surface area contributed by atoms with E-state index in [0.29, 0.717) is 12.5 Å². The van der Waals surface area contributed by atoms with Crippen LogP contribution in [0.25, 0.3) is 0 Å². The van der Waals surface area contributed by atoms with E-state index < -0.39 is 0 Å². The third-order valence-corrected chi connectivity index (χ3v) is 3.69. The molecular formula is C14H26N2. The lowest BCUT2D eigenvalue weighted by atomic mass is 9.99. The standard InChI is InChI=1S/C14H26N2/c1-13(16-12-6-2-5-11-15)9-10-14-7-3-4-8-14/h13-14,16H,2-10,12H2,1H3. The predicted octanol–water partition coefficient (Wildman–Crippen LogP) is 3.63. The number of hydrogen-bond donors (Lipinski definition) is 1. The lowest BCUT2D eigenvalue weighted by molar-refractivity contribution is 0.417. The summed E-state index contributed by atoms with van der Waals surface area (Å²) >= 11 is 0. The molecule has 1 fully saturated rings. The first-order chi connectivity index (χ1) is 7.83. The summed E-state index contributed by atoms with van der Waals surface area (Å²) < 4.78 is 0. The zero-order valence-electron chi connectivity index (χ0n) is 10.7. The fourth-order valence-electron chi connectivity index (χ4n) is 2.56. The van der Waals surface area contributed by atoms with Crippen molar-refractivity contribution in [2.75, 3.05) is 6.54 Å². The Bertz CT molecular complexity index is 201. The van der Waals surface area contributed by atoms with Gasteiger partial charge in [-0.3, -0.25) is 0 Å². The highest BCUT2D eigenvalue weighted by atomic mass is 14.9. The van der Waals surface area contributed by atoms with Crippen LogP contribution in [0.15, 0.2) is 0 Å². The summed E-state index contributed by atoms with van der Waals surface area (Å²) in [6.45, 7) is 3.37. The van der Waals surface area contributed by atoms with Crippen molar-refractivity contribution in [1.82, 2.24) is 5.32 Å². The topological polar surface area (TPSA) is 35.8 Å². The molecule has 0 heterocycles. The molecule has 92 valence electrons. The van der Waals surface area contributed by atoms with E-state index in [2.05, 4.69) is 18.3 Å². The second-order valence-electron chi connectivity index (χ2n) is 5.20. The van der Waals surface area contributed by atoms with Gasteiger partial charge in [0.2, 0.25) is 0 Å². The SMILES string of the molecule is CC(CCC1CCCC1)NCCCCC#N. The van der Waals surface area contributed by atoms with Gasteiger partial charge in [0.25, 0.3) is 0 Å². The van der Waals surface area contributed by atoms with Crippen LogP contribution in [0.3, 0.4) is 0 Å². The van der Waals surface area contributed by atoms with Gasteiger partial charge in [-0.05, 0) is 45.1 Å². The van der Waals surface area contributed by atoms with Gasteiger partial charge in [-0.1, -0.05) is 25.7 Å².